The Bertz CT molecular complexity index is 380. The van der Waals surface area contributed by atoms with E-state index in [1.807, 2.05) is 6.92 Å². The minimum Gasteiger partial charge on any atom is -0.480 e. The van der Waals surface area contributed by atoms with Crippen molar-refractivity contribution >= 4 is 5.91 Å². The summed E-state index contributed by atoms with van der Waals surface area (Å²) in [7, 11) is 0. The second kappa shape index (κ2) is 5.46. The van der Waals surface area contributed by atoms with Gasteiger partial charge in [-0.2, -0.15) is 0 Å². The highest BCUT2D eigenvalue weighted by Gasteiger charge is 2.12. The smallest absolute Gasteiger partial charge is 0.255 e. The summed E-state index contributed by atoms with van der Waals surface area (Å²) in [5, 5.41) is 0. The van der Waals surface area contributed by atoms with Crippen molar-refractivity contribution in [2.75, 3.05) is 6.61 Å². The maximum Gasteiger partial charge on any atom is 0.255 e. The lowest BCUT2D eigenvalue weighted by atomic mass is 10.1. The van der Waals surface area contributed by atoms with Crippen molar-refractivity contribution in [1.82, 2.24) is 0 Å². The Hall–Kier alpha value is -1.62. The highest BCUT2D eigenvalue weighted by Crippen LogP contribution is 2.23. The van der Waals surface area contributed by atoms with Crippen molar-refractivity contribution in [1.29, 1.82) is 0 Å². The van der Waals surface area contributed by atoms with Gasteiger partial charge < -0.3 is 16.2 Å². The molecule has 0 aliphatic rings. The van der Waals surface area contributed by atoms with E-state index in [-0.39, 0.29) is 18.4 Å². The Balaban J connectivity index is 2.89. The summed E-state index contributed by atoms with van der Waals surface area (Å²) < 4.78 is 18.5. The number of halogens is 1. The van der Waals surface area contributed by atoms with Crippen molar-refractivity contribution in [3.8, 4) is 5.75 Å². The maximum atomic E-state index is 13.4. The standard InChI is InChI=1S/C11H15FN2O2/c1-7(13)5-8-3-2-4-9(12)11(8)16-6-10(14)15/h2-4,7H,5-6,13H2,1H3,(H2,14,15). The average molecular weight is 226 g/mol. The molecule has 4 N–H and O–H groups in total. The Morgan fingerprint density at radius 2 is 2.25 bits per heavy atom. The fourth-order valence-corrected chi connectivity index (χ4v) is 1.37. The number of primary amides is 1. The number of carbonyl (C=O) groups is 1. The molecule has 0 aliphatic heterocycles. The van der Waals surface area contributed by atoms with Crippen LogP contribution in [0.25, 0.3) is 0 Å². The molecule has 0 fully saturated rings. The van der Waals surface area contributed by atoms with Gasteiger partial charge in [0.25, 0.3) is 5.91 Å². The minimum absolute atomic E-state index is 0.0543. The van der Waals surface area contributed by atoms with Crippen molar-refractivity contribution < 1.29 is 13.9 Å². The molecule has 1 aromatic carbocycles. The highest BCUT2D eigenvalue weighted by molar-refractivity contribution is 5.75. The zero-order valence-electron chi connectivity index (χ0n) is 9.07. The zero-order chi connectivity index (χ0) is 12.1. The van der Waals surface area contributed by atoms with E-state index in [1.165, 1.54) is 6.07 Å². The highest BCUT2D eigenvalue weighted by atomic mass is 19.1. The third-order valence-electron chi connectivity index (χ3n) is 1.95. The zero-order valence-corrected chi connectivity index (χ0v) is 9.07. The molecule has 1 unspecified atom stereocenters. The van der Waals surface area contributed by atoms with Crippen LogP contribution in [0.1, 0.15) is 12.5 Å². The van der Waals surface area contributed by atoms with Gasteiger partial charge in [0.05, 0.1) is 0 Å². The van der Waals surface area contributed by atoms with E-state index in [0.717, 1.165) is 0 Å². The molecule has 0 radical (unpaired) electrons. The molecular weight excluding hydrogens is 211 g/mol. The van der Waals surface area contributed by atoms with Gasteiger partial charge in [-0.05, 0) is 25.0 Å². The molecule has 16 heavy (non-hydrogen) atoms. The Morgan fingerprint density at radius 3 is 2.81 bits per heavy atom. The van der Waals surface area contributed by atoms with E-state index in [2.05, 4.69) is 0 Å². The number of hydrogen-bond acceptors (Lipinski definition) is 3. The van der Waals surface area contributed by atoms with Crippen LogP contribution < -0.4 is 16.2 Å². The third-order valence-corrected chi connectivity index (χ3v) is 1.95. The number of amides is 1. The van der Waals surface area contributed by atoms with Crippen molar-refractivity contribution in [2.24, 2.45) is 11.5 Å². The van der Waals surface area contributed by atoms with Crippen LogP contribution in [0, 0.1) is 5.82 Å². The van der Waals surface area contributed by atoms with E-state index in [9.17, 15) is 9.18 Å². The Morgan fingerprint density at radius 1 is 1.56 bits per heavy atom. The van der Waals surface area contributed by atoms with E-state index < -0.39 is 11.7 Å². The molecule has 1 rings (SSSR count). The van der Waals surface area contributed by atoms with Gasteiger partial charge in [-0.15, -0.1) is 0 Å². The topological polar surface area (TPSA) is 78.3 Å². The first-order chi connectivity index (χ1) is 7.50. The SMILES string of the molecule is CC(N)Cc1cccc(F)c1OCC(N)=O. The van der Waals surface area contributed by atoms with Crippen molar-refractivity contribution in [3.05, 3.63) is 29.6 Å². The van der Waals surface area contributed by atoms with Crippen LogP contribution in [-0.2, 0) is 11.2 Å². The summed E-state index contributed by atoms with van der Waals surface area (Å²) in [4.78, 5) is 10.6. The van der Waals surface area contributed by atoms with Crippen LogP contribution in [0.2, 0.25) is 0 Å². The monoisotopic (exact) mass is 226 g/mol. The first-order valence-electron chi connectivity index (χ1n) is 4.94. The molecule has 0 aromatic heterocycles. The van der Waals surface area contributed by atoms with Gasteiger partial charge in [0.1, 0.15) is 0 Å². The van der Waals surface area contributed by atoms with Gasteiger partial charge in [-0.3, -0.25) is 4.79 Å². The minimum atomic E-state index is -0.644. The van der Waals surface area contributed by atoms with Crippen molar-refractivity contribution in [2.45, 2.75) is 19.4 Å². The van der Waals surface area contributed by atoms with Gasteiger partial charge in [-0.1, -0.05) is 12.1 Å². The normalized spacial score (nSPS) is 12.2. The lowest BCUT2D eigenvalue weighted by Crippen LogP contribution is -2.22. The Labute approximate surface area is 93.4 Å². The summed E-state index contributed by atoms with van der Waals surface area (Å²) in [6.45, 7) is 1.47. The number of ether oxygens (including phenoxy) is 1. The average Bonchev–Trinajstić information content (AvgIpc) is 2.15. The second-order valence-electron chi connectivity index (χ2n) is 3.66. The van der Waals surface area contributed by atoms with Gasteiger partial charge >= 0.3 is 0 Å². The number of carbonyl (C=O) groups excluding carboxylic acids is 1. The Kier molecular flexibility index (Phi) is 4.25. The number of para-hydroxylation sites is 1. The predicted octanol–water partition coefficient (Wildman–Crippen LogP) is 0.580. The van der Waals surface area contributed by atoms with E-state index >= 15 is 0 Å². The fourth-order valence-electron chi connectivity index (χ4n) is 1.37. The summed E-state index contributed by atoms with van der Waals surface area (Å²) in [5.74, 6) is -1.10. The van der Waals surface area contributed by atoms with E-state index in [0.29, 0.717) is 12.0 Å². The molecule has 1 atom stereocenters. The number of hydrogen-bond donors (Lipinski definition) is 2. The molecule has 0 saturated carbocycles. The molecule has 0 bridgehead atoms. The first kappa shape index (κ1) is 12.4. The van der Waals surface area contributed by atoms with Gasteiger partial charge in [0.15, 0.2) is 18.2 Å². The molecule has 4 nitrogen and oxygen atoms in total. The van der Waals surface area contributed by atoms with E-state index in [4.69, 9.17) is 16.2 Å². The fraction of sp³-hybridized carbons (Fsp3) is 0.364. The summed E-state index contributed by atoms with van der Waals surface area (Å²) in [5.41, 5.74) is 11.2. The van der Waals surface area contributed by atoms with Crippen LogP contribution >= 0.6 is 0 Å². The number of benzene rings is 1. The van der Waals surface area contributed by atoms with Crippen molar-refractivity contribution in [3.63, 3.8) is 0 Å². The maximum absolute atomic E-state index is 13.4. The second-order valence-corrected chi connectivity index (χ2v) is 3.66. The summed E-state index contributed by atoms with van der Waals surface area (Å²) >= 11 is 0. The molecule has 88 valence electrons. The molecule has 1 amide bonds. The first-order valence-corrected chi connectivity index (χ1v) is 4.94. The van der Waals surface area contributed by atoms with Crippen LogP contribution in [0.15, 0.2) is 18.2 Å². The van der Waals surface area contributed by atoms with Gasteiger partial charge in [0.2, 0.25) is 0 Å². The molecular formula is C11H15FN2O2. The van der Waals surface area contributed by atoms with Crippen LogP contribution in [0.5, 0.6) is 5.75 Å². The van der Waals surface area contributed by atoms with Crippen LogP contribution in [0.4, 0.5) is 4.39 Å². The van der Waals surface area contributed by atoms with Crippen LogP contribution in [0.3, 0.4) is 0 Å². The van der Waals surface area contributed by atoms with Gasteiger partial charge in [0, 0.05) is 6.04 Å². The quantitative estimate of drug-likeness (QED) is 0.770. The predicted molar refractivity (Wildman–Crippen MR) is 58.4 cm³/mol. The summed E-state index contributed by atoms with van der Waals surface area (Å²) in [6.07, 6.45) is 0.478. The van der Waals surface area contributed by atoms with Crippen LogP contribution in [-0.4, -0.2) is 18.6 Å². The number of nitrogens with two attached hydrogens (primary N) is 2. The number of rotatable bonds is 5. The molecule has 0 spiro atoms. The molecule has 0 heterocycles. The molecule has 0 aliphatic carbocycles. The lowest BCUT2D eigenvalue weighted by molar-refractivity contribution is -0.120. The molecule has 0 saturated heterocycles. The molecule has 1 aromatic rings. The lowest BCUT2D eigenvalue weighted by Gasteiger charge is -2.12. The third kappa shape index (κ3) is 3.51. The molecule has 5 heteroatoms. The summed E-state index contributed by atoms with van der Waals surface area (Å²) in [6, 6.07) is 4.44. The van der Waals surface area contributed by atoms with E-state index in [1.54, 1.807) is 12.1 Å². The largest absolute Gasteiger partial charge is 0.480 e. The van der Waals surface area contributed by atoms with Gasteiger partial charge in [-0.25, -0.2) is 4.39 Å².